The molecule has 0 rings (SSSR count). The van der Waals surface area contributed by atoms with Crippen LogP contribution in [0.3, 0.4) is 0 Å². The zero-order valence-electron chi connectivity index (χ0n) is 9.16. The van der Waals surface area contributed by atoms with Crippen LogP contribution < -0.4 is 16.4 Å². The lowest BCUT2D eigenvalue weighted by molar-refractivity contribution is -0.139. The molecule has 0 aromatic rings. The number of hydrogen-bond acceptors (Lipinski definition) is 3. The van der Waals surface area contributed by atoms with Crippen molar-refractivity contribution in [3.8, 4) is 0 Å². The predicted octanol–water partition coefficient (Wildman–Crippen LogP) is -0.586. The third-order valence-corrected chi connectivity index (χ3v) is 1.84. The number of urea groups is 1. The molecule has 7 heteroatoms. The second-order valence-electron chi connectivity index (χ2n) is 3.30. The topological polar surface area (TPSA) is 122 Å². The summed E-state index contributed by atoms with van der Waals surface area (Å²) in [6.07, 6.45) is 1.04. The van der Waals surface area contributed by atoms with Gasteiger partial charge in [0.25, 0.3) is 0 Å². The van der Waals surface area contributed by atoms with Crippen molar-refractivity contribution < 1.29 is 19.5 Å². The molecule has 0 aromatic heterocycles. The van der Waals surface area contributed by atoms with E-state index >= 15 is 0 Å². The van der Waals surface area contributed by atoms with Crippen molar-refractivity contribution in [1.82, 2.24) is 10.6 Å². The van der Waals surface area contributed by atoms with E-state index in [2.05, 4.69) is 10.6 Å². The molecule has 0 unspecified atom stereocenters. The number of nitrogens with one attached hydrogen (secondary N) is 2. The SMILES string of the molecule is CCC[C@@H](NC(=O)NCCC(N)=O)C(=O)O. The Labute approximate surface area is 93.4 Å². The fourth-order valence-electron chi connectivity index (χ4n) is 1.05. The molecule has 92 valence electrons. The van der Waals surface area contributed by atoms with Gasteiger partial charge >= 0.3 is 12.0 Å². The van der Waals surface area contributed by atoms with Crippen LogP contribution in [-0.4, -0.2) is 35.6 Å². The van der Waals surface area contributed by atoms with Crippen LogP contribution in [0.2, 0.25) is 0 Å². The molecule has 0 fully saturated rings. The highest BCUT2D eigenvalue weighted by atomic mass is 16.4. The first-order valence-corrected chi connectivity index (χ1v) is 5.02. The normalized spacial score (nSPS) is 11.6. The van der Waals surface area contributed by atoms with Crippen molar-refractivity contribution in [2.45, 2.75) is 32.2 Å². The molecule has 0 aliphatic carbocycles. The van der Waals surface area contributed by atoms with Crippen LogP contribution in [-0.2, 0) is 9.59 Å². The first kappa shape index (κ1) is 14.2. The van der Waals surface area contributed by atoms with Crippen molar-refractivity contribution in [2.24, 2.45) is 5.73 Å². The Kier molecular flexibility index (Phi) is 6.66. The highest BCUT2D eigenvalue weighted by Crippen LogP contribution is 1.96. The summed E-state index contributed by atoms with van der Waals surface area (Å²) in [7, 11) is 0. The van der Waals surface area contributed by atoms with Gasteiger partial charge in [0.2, 0.25) is 5.91 Å². The Morgan fingerprint density at radius 3 is 2.44 bits per heavy atom. The molecular formula is C9H17N3O4. The average Bonchev–Trinajstić information content (AvgIpc) is 2.16. The second kappa shape index (κ2) is 7.49. The predicted molar refractivity (Wildman–Crippen MR) is 56.7 cm³/mol. The summed E-state index contributed by atoms with van der Waals surface area (Å²) in [5, 5.41) is 13.4. The van der Waals surface area contributed by atoms with E-state index in [9.17, 15) is 14.4 Å². The summed E-state index contributed by atoms with van der Waals surface area (Å²) >= 11 is 0. The molecule has 0 bridgehead atoms. The van der Waals surface area contributed by atoms with E-state index in [-0.39, 0.29) is 13.0 Å². The van der Waals surface area contributed by atoms with E-state index in [0.717, 1.165) is 0 Å². The van der Waals surface area contributed by atoms with E-state index in [0.29, 0.717) is 12.8 Å². The van der Waals surface area contributed by atoms with Crippen LogP contribution in [0.1, 0.15) is 26.2 Å². The molecule has 0 aromatic carbocycles. The highest BCUT2D eigenvalue weighted by Gasteiger charge is 2.18. The Hall–Kier alpha value is -1.79. The minimum atomic E-state index is -1.08. The zero-order valence-corrected chi connectivity index (χ0v) is 9.16. The molecule has 3 amide bonds. The third kappa shape index (κ3) is 6.63. The van der Waals surface area contributed by atoms with Gasteiger partial charge in [-0.2, -0.15) is 0 Å². The molecule has 7 nitrogen and oxygen atoms in total. The first-order chi connectivity index (χ1) is 7.47. The summed E-state index contributed by atoms with van der Waals surface area (Å²) in [4.78, 5) is 32.2. The van der Waals surface area contributed by atoms with Crippen LogP contribution in [0.25, 0.3) is 0 Å². The van der Waals surface area contributed by atoms with Gasteiger partial charge in [-0.05, 0) is 6.42 Å². The molecule has 0 radical (unpaired) electrons. The number of carbonyl (C=O) groups is 3. The van der Waals surface area contributed by atoms with Gasteiger partial charge in [-0.25, -0.2) is 9.59 Å². The maximum Gasteiger partial charge on any atom is 0.326 e. The van der Waals surface area contributed by atoms with Crippen molar-refractivity contribution in [3.05, 3.63) is 0 Å². The van der Waals surface area contributed by atoms with E-state index in [1.807, 2.05) is 6.92 Å². The molecule has 1 atom stereocenters. The number of primary amides is 1. The van der Waals surface area contributed by atoms with Gasteiger partial charge in [0, 0.05) is 13.0 Å². The quantitative estimate of drug-likeness (QED) is 0.468. The molecule has 0 saturated carbocycles. The van der Waals surface area contributed by atoms with E-state index in [1.165, 1.54) is 0 Å². The molecule has 0 spiro atoms. The summed E-state index contributed by atoms with van der Waals surface area (Å²) in [6, 6.07) is -1.51. The summed E-state index contributed by atoms with van der Waals surface area (Å²) in [6.45, 7) is 1.92. The molecule has 0 saturated heterocycles. The number of aliphatic carboxylic acids is 1. The lowest BCUT2D eigenvalue weighted by Crippen LogP contribution is -2.46. The van der Waals surface area contributed by atoms with Crippen LogP contribution in [0.5, 0.6) is 0 Å². The molecular weight excluding hydrogens is 214 g/mol. The van der Waals surface area contributed by atoms with E-state index in [1.54, 1.807) is 0 Å². The molecule has 0 heterocycles. The van der Waals surface area contributed by atoms with Gasteiger partial charge in [0.1, 0.15) is 6.04 Å². The van der Waals surface area contributed by atoms with Gasteiger partial charge in [0.15, 0.2) is 0 Å². The summed E-state index contributed by atoms with van der Waals surface area (Å²) in [5.74, 6) is -1.60. The summed E-state index contributed by atoms with van der Waals surface area (Å²) < 4.78 is 0. The van der Waals surface area contributed by atoms with E-state index < -0.39 is 23.9 Å². The Balaban J connectivity index is 3.90. The zero-order chi connectivity index (χ0) is 12.6. The fourth-order valence-corrected chi connectivity index (χ4v) is 1.05. The maximum atomic E-state index is 11.2. The highest BCUT2D eigenvalue weighted by molar-refractivity contribution is 5.82. The average molecular weight is 231 g/mol. The van der Waals surface area contributed by atoms with Crippen LogP contribution >= 0.6 is 0 Å². The number of hydrogen-bond donors (Lipinski definition) is 4. The van der Waals surface area contributed by atoms with Gasteiger partial charge < -0.3 is 21.5 Å². The Morgan fingerprint density at radius 2 is 2.00 bits per heavy atom. The van der Waals surface area contributed by atoms with Crippen LogP contribution in [0, 0.1) is 0 Å². The number of carboxylic acids is 1. The molecule has 16 heavy (non-hydrogen) atoms. The molecule has 0 aliphatic rings. The van der Waals surface area contributed by atoms with Crippen molar-refractivity contribution >= 4 is 17.9 Å². The lowest BCUT2D eigenvalue weighted by Gasteiger charge is -2.13. The van der Waals surface area contributed by atoms with Gasteiger partial charge in [-0.15, -0.1) is 0 Å². The number of carbonyl (C=O) groups excluding carboxylic acids is 2. The number of rotatable bonds is 7. The van der Waals surface area contributed by atoms with Crippen molar-refractivity contribution in [2.75, 3.05) is 6.54 Å². The van der Waals surface area contributed by atoms with Crippen LogP contribution in [0.4, 0.5) is 4.79 Å². The molecule has 0 aliphatic heterocycles. The lowest BCUT2D eigenvalue weighted by atomic mass is 10.2. The summed E-state index contributed by atoms with van der Waals surface area (Å²) in [5.41, 5.74) is 4.87. The number of nitrogens with two attached hydrogens (primary N) is 1. The van der Waals surface area contributed by atoms with Crippen molar-refractivity contribution in [3.63, 3.8) is 0 Å². The largest absolute Gasteiger partial charge is 0.480 e. The van der Waals surface area contributed by atoms with E-state index in [4.69, 9.17) is 10.8 Å². The van der Waals surface area contributed by atoms with Gasteiger partial charge in [-0.1, -0.05) is 13.3 Å². The van der Waals surface area contributed by atoms with Gasteiger partial charge in [-0.3, -0.25) is 4.79 Å². The molecule has 5 N–H and O–H groups in total. The smallest absolute Gasteiger partial charge is 0.326 e. The monoisotopic (exact) mass is 231 g/mol. The van der Waals surface area contributed by atoms with Crippen molar-refractivity contribution in [1.29, 1.82) is 0 Å². The number of carboxylic acid groups (broad SMARTS) is 1. The standard InChI is InChI=1S/C9H17N3O4/c1-2-3-6(8(14)15)12-9(16)11-5-4-7(10)13/h6H,2-5H2,1H3,(H2,10,13)(H,14,15)(H2,11,12,16)/t6-/m1/s1. The maximum absolute atomic E-state index is 11.2. The first-order valence-electron chi connectivity index (χ1n) is 5.02. The Morgan fingerprint density at radius 1 is 1.38 bits per heavy atom. The Bertz CT molecular complexity index is 267. The minimum absolute atomic E-state index is 0.0267. The van der Waals surface area contributed by atoms with Crippen LogP contribution in [0.15, 0.2) is 0 Å². The second-order valence-corrected chi connectivity index (χ2v) is 3.30. The fraction of sp³-hybridized carbons (Fsp3) is 0.667. The number of amides is 3. The third-order valence-electron chi connectivity index (χ3n) is 1.84. The van der Waals surface area contributed by atoms with Gasteiger partial charge in [0.05, 0.1) is 0 Å². The minimum Gasteiger partial charge on any atom is -0.480 e.